The molecule has 12 nitrogen and oxygen atoms in total. The molecule has 0 spiro atoms. The molecule has 3 aromatic rings. The summed E-state index contributed by atoms with van der Waals surface area (Å²) in [6.07, 6.45) is 6.23. The summed E-state index contributed by atoms with van der Waals surface area (Å²) in [5.41, 5.74) is 2.64. The Hall–Kier alpha value is -3.71. The highest BCUT2D eigenvalue weighted by Crippen LogP contribution is 2.45. The maximum Gasteiger partial charge on any atom is 0.227 e. The fourth-order valence-electron chi connectivity index (χ4n) is 4.43. The summed E-state index contributed by atoms with van der Waals surface area (Å²) in [4.78, 5) is 29.1. The smallest absolute Gasteiger partial charge is 0.227 e. The van der Waals surface area contributed by atoms with E-state index in [1.165, 1.54) is 18.6 Å². The monoisotopic (exact) mass is 552 g/mol. The van der Waals surface area contributed by atoms with Gasteiger partial charge in [0.1, 0.15) is 17.6 Å². The van der Waals surface area contributed by atoms with Crippen LogP contribution in [0.5, 0.6) is 5.88 Å². The maximum absolute atomic E-state index is 12.1. The number of amidine groups is 1. The number of sulfone groups is 1. The third kappa shape index (κ3) is 5.28. The van der Waals surface area contributed by atoms with Gasteiger partial charge in [-0.2, -0.15) is 0 Å². The molecule has 13 heteroatoms. The Morgan fingerprint density at radius 1 is 1.15 bits per heavy atom. The topological polar surface area (TPSA) is 156 Å². The van der Waals surface area contributed by atoms with Crippen LogP contribution < -0.4 is 15.0 Å². The van der Waals surface area contributed by atoms with Crippen LogP contribution in [0.3, 0.4) is 0 Å². The molecular formula is C26H32N8O4S. The molecule has 1 saturated carbocycles. The summed E-state index contributed by atoms with van der Waals surface area (Å²) in [7, 11) is -1.77. The van der Waals surface area contributed by atoms with Crippen molar-refractivity contribution in [2.24, 2.45) is 4.99 Å². The van der Waals surface area contributed by atoms with E-state index in [9.17, 15) is 13.5 Å². The first kappa shape index (κ1) is 26.9. The lowest BCUT2D eigenvalue weighted by molar-refractivity contribution is 0.215. The minimum Gasteiger partial charge on any atom is -0.480 e. The van der Waals surface area contributed by atoms with Crippen molar-refractivity contribution in [3.05, 3.63) is 42.2 Å². The molecule has 206 valence electrons. The minimum atomic E-state index is -3.33. The van der Waals surface area contributed by atoms with Gasteiger partial charge < -0.3 is 20.1 Å². The Morgan fingerprint density at radius 2 is 1.95 bits per heavy atom. The van der Waals surface area contributed by atoms with Crippen molar-refractivity contribution in [1.82, 2.24) is 30.2 Å². The van der Waals surface area contributed by atoms with Crippen LogP contribution in [0, 0.1) is 0 Å². The highest BCUT2D eigenvalue weighted by atomic mass is 32.2. The number of aliphatic hydroxyl groups is 1. The van der Waals surface area contributed by atoms with E-state index in [1.807, 2.05) is 18.7 Å². The van der Waals surface area contributed by atoms with Crippen molar-refractivity contribution < 1.29 is 18.3 Å². The molecule has 2 atom stereocenters. The number of hydrogen-bond donors (Lipinski definition) is 2. The molecule has 5 rings (SSSR count). The van der Waals surface area contributed by atoms with Gasteiger partial charge in [-0.15, -0.1) is 0 Å². The highest BCUT2D eigenvalue weighted by molar-refractivity contribution is 7.91. The van der Waals surface area contributed by atoms with E-state index in [0.29, 0.717) is 46.2 Å². The molecule has 4 heterocycles. The van der Waals surface area contributed by atoms with Gasteiger partial charge in [0.15, 0.2) is 33.5 Å². The molecule has 1 fully saturated rings. The number of hydrogen-bond acceptors (Lipinski definition) is 12. The number of anilines is 1. The second-order valence-corrected chi connectivity index (χ2v) is 11.9. The molecular weight excluding hydrogens is 520 g/mol. The molecule has 0 radical (unpaired) electrons. The molecule has 0 saturated heterocycles. The van der Waals surface area contributed by atoms with Crippen LogP contribution in [0.1, 0.15) is 57.3 Å². The molecule has 2 N–H and O–H groups in total. The predicted molar refractivity (Wildman–Crippen MR) is 146 cm³/mol. The Labute approximate surface area is 227 Å². The Kier molecular flexibility index (Phi) is 7.45. The number of aliphatic hydroxyl groups excluding tert-OH is 1. The fraction of sp³-hybridized carbons (Fsp3) is 0.462. The van der Waals surface area contributed by atoms with E-state index < -0.39 is 16.1 Å². The van der Waals surface area contributed by atoms with Crippen molar-refractivity contribution in [3.63, 3.8) is 0 Å². The number of aliphatic imine (C=N–C) groups is 1. The van der Waals surface area contributed by atoms with Gasteiger partial charge in [0.2, 0.25) is 5.88 Å². The van der Waals surface area contributed by atoms with Crippen LogP contribution in [0.15, 0.2) is 40.7 Å². The maximum atomic E-state index is 12.1. The highest BCUT2D eigenvalue weighted by Gasteiger charge is 2.35. The van der Waals surface area contributed by atoms with Gasteiger partial charge in [-0.3, -0.25) is 4.98 Å². The largest absolute Gasteiger partial charge is 0.480 e. The van der Waals surface area contributed by atoms with E-state index >= 15 is 0 Å². The van der Waals surface area contributed by atoms with E-state index in [4.69, 9.17) is 9.72 Å². The molecule has 2 aliphatic rings. The molecule has 1 aliphatic carbocycles. The third-order valence-corrected chi connectivity index (χ3v) is 8.74. The van der Waals surface area contributed by atoms with E-state index in [-0.39, 0.29) is 23.2 Å². The van der Waals surface area contributed by atoms with Gasteiger partial charge in [0.25, 0.3) is 0 Å². The molecule has 0 amide bonds. The standard InChI is InChI=1S/C26H32N8O4S/c1-5-15(3)34-24-19(13-29-22(33-24)20-21(16-7-8-16)30-14-31-25(20)38-4)32-23(26(34)35)28-11-17-9-10-18(12-27-17)39(36,37)6-2/h9-10,12-16,26,35H,5-8,11H2,1-4H3,(H,28,32)/t15-,26?/m1/s1. The number of rotatable bonds is 9. The van der Waals surface area contributed by atoms with Gasteiger partial charge >= 0.3 is 0 Å². The number of pyridine rings is 1. The van der Waals surface area contributed by atoms with E-state index in [1.54, 1.807) is 26.3 Å². The van der Waals surface area contributed by atoms with Gasteiger partial charge in [0.05, 0.1) is 41.9 Å². The molecule has 0 bridgehead atoms. The number of fused-ring (bicyclic) bond motifs is 1. The van der Waals surface area contributed by atoms with E-state index in [0.717, 1.165) is 25.0 Å². The lowest BCUT2D eigenvalue weighted by Gasteiger charge is -2.38. The van der Waals surface area contributed by atoms with Crippen LogP contribution in [0.4, 0.5) is 11.5 Å². The average Bonchev–Trinajstić information content (AvgIpc) is 3.81. The first-order valence-corrected chi connectivity index (χ1v) is 14.6. The Morgan fingerprint density at radius 3 is 2.59 bits per heavy atom. The SMILES string of the molecule is CC[C@@H](C)N1c2nc(-c3c(OC)ncnc3C3CC3)ncc2N=C(NCc2ccc(S(=O)(=O)CC)cn2)C1O. The number of methoxy groups -OCH3 is 1. The summed E-state index contributed by atoms with van der Waals surface area (Å²) >= 11 is 0. The van der Waals surface area contributed by atoms with Crippen molar-refractivity contribution >= 4 is 27.2 Å². The summed E-state index contributed by atoms with van der Waals surface area (Å²) in [5.74, 6) is 2.00. The first-order valence-electron chi connectivity index (χ1n) is 13.0. The first-order chi connectivity index (χ1) is 18.8. The molecule has 3 aromatic heterocycles. The lowest BCUT2D eigenvalue weighted by Crippen LogP contribution is -2.52. The van der Waals surface area contributed by atoms with E-state index in [2.05, 4.69) is 30.2 Å². The number of nitrogens with zero attached hydrogens (tertiary/aromatic N) is 7. The van der Waals surface area contributed by atoms with Crippen LogP contribution in [0.25, 0.3) is 11.4 Å². The lowest BCUT2D eigenvalue weighted by atomic mass is 10.1. The summed E-state index contributed by atoms with van der Waals surface area (Å²) in [5, 5.41) is 14.5. The van der Waals surface area contributed by atoms with Crippen LogP contribution in [-0.2, 0) is 16.4 Å². The molecule has 39 heavy (non-hydrogen) atoms. The Balaban J connectivity index is 1.47. The zero-order valence-corrected chi connectivity index (χ0v) is 23.2. The fourth-order valence-corrected chi connectivity index (χ4v) is 5.25. The van der Waals surface area contributed by atoms with Gasteiger partial charge in [-0.1, -0.05) is 13.8 Å². The van der Waals surface area contributed by atoms with Gasteiger partial charge in [-0.05, 0) is 38.3 Å². The average molecular weight is 553 g/mol. The minimum absolute atomic E-state index is 0.00981. The second kappa shape index (κ2) is 10.8. The normalized spacial score (nSPS) is 17.8. The summed E-state index contributed by atoms with van der Waals surface area (Å²) < 4.78 is 29.7. The zero-order valence-electron chi connectivity index (χ0n) is 22.4. The van der Waals surface area contributed by atoms with Crippen molar-refractivity contribution in [2.45, 2.75) is 69.7 Å². The molecule has 1 unspecified atom stereocenters. The predicted octanol–water partition coefficient (Wildman–Crippen LogP) is 2.76. The molecule has 0 aromatic carbocycles. The van der Waals surface area contributed by atoms with Crippen molar-refractivity contribution in [3.8, 4) is 17.3 Å². The van der Waals surface area contributed by atoms with Crippen LogP contribution in [-0.4, -0.2) is 69.4 Å². The van der Waals surface area contributed by atoms with Crippen molar-refractivity contribution in [1.29, 1.82) is 0 Å². The molecule has 1 aliphatic heterocycles. The van der Waals surface area contributed by atoms with Crippen LogP contribution in [0.2, 0.25) is 0 Å². The number of ether oxygens (including phenoxy) is 1. The second-order valence-electron chi connectivity index (χ2n) is 9.60. The number of aromatic nitrogens is 5. The quantitative estimate of drug-likeness (QED) is 0.402. The van der Waals surface area contributed by atoms with Crippen molar-refractivity contribution in [2.75, 3.05) is 17.8 Å². The number of nitrogens with one attached hydrogen (secondary N) is 1. The van der Waals surface area contributed by atoms with Gasteiger partial charge in [-0.25, -0.2) is 33.3 Å². The Bertz CT molecular complexity index is 1490. The summed E-state index contributed by atoms with van der Waals surface area (Å²) in [6.45, 7) is 5.88. The third-order valence-electron chi connectivity index (χ3n) is 7.02. The van der Waals surface area contributed by atoms with Gasteiger partial charge in [0, 0.05) is 18.2 Å². The van der Waals surface area contributed by atoms with Crippen LogP contribution >= 0.6 is 0 Å². The zero-order chi connectivity index (χ0) is 27.7. The summed E-state index contributed by atoms with van der Waals surface area (Å²) in [6, 6.07) is 3.12.